The molecular weight excluding hydrogens is 482 g/mol. The van der Waals surface area contributed by atoms with Crippen LogP contribution >= 0.6 is 0 Å². The highest BCUT2D eigenvalue weighted by Gasteiger charge is 2.48. The molecule has 3 aromatic rings. The fourth-order valence-electron chi connectivity index (χ4n) is 5.78. The van der Waals surface area contributed by atoms with Crippen LogP contribution in [0.5, 0.6) is 0 Å². The third-order valence-corrected chi connectivity index (χ3v) is 8.40. The molecule has 2 atom stereocenters. The third-order valence-electron chi connectivity index (χ3n) is 8.40. The monoisotopic (exact) mass is 519 g/mol. The molecule has 2 amide bonds. The molecule has 0 radical (unpaired) electrons. The van der Waals surface area contributed by atoms with Crippen LogP contribution in [0.3, 0.4) is 0 Å². The molecule has 6 rings (SSSR count). The summed E-state index contributed by atoms with van der Waals surface area (Å²) in [5.74, 6) is 0.660. The zero-order valence-corrected chi connectivity index (χ0v) is 22.3. The van der Waals surface area contributed by atoms with Crippen LogP contribution in [-0.4, -0.2) is 52.4 Å². The van der Waals surface area contributed by atoms with Gasteiger partial charge in [-0.05, 0) is 89.5 Å². The van der Waals surface area contributed by atoms with Crippen molar-refractivity contribution in [1.82, 2.24) is 39.9 Å². The number of anilines is 1. The maximum atomic E-state index is 13.7. The Morgan fingerprint density at radius 2 is 1.74 bits per heavy atom. The number of hydrogen-bond acceptors (Lipinski definition) is 6. The first-order chi connectivity index (χ1) is 18.4. The lowest BCUT2D eigenvalue weighted by Gasteiger charge is -2.28. The summed E-state index contributed by atoms with van der Waals surface area (Å²) in [5.41, 5.74) is 2.09. The number of amides is 2. The molecule has 0 aromatic carbocycles. The van der Waals surface area contributed by atoms with E-state index in [9.17, 15) is 9.59 Å². The summed E-state index contributed by atoms with van der Waals surface area (Å²) in [4.78, 5) is 27.1. The van der Waals surface area contributed by atoms with Crippen molar-refractivity contribution in [3.63, 3.8) is 0 Å². The molecule has 38 heavy (non-hydrogen) atoms. The van der Waals surface area contributed by atoms with E-state index in [0.717, 1.165) is 44.2 Å². The summed E-state index contributed by atoms with van der Waals surface area (Å²) in [6.07, 6.45) is 14.9. The highest BCUT2D eigenvalue weighted by molar-refractivity contribution is 6.00. The van der Waals surface area contributed by atoms with Crippen molar-refractivity contribution in [3.05, 3.63) is 42.2 Å². The largest absolute Gasteiger partial charge is 0.339 e. The maximum Gasteiger partial charge on any atom is 0.270 e. The molecule has 3 heterocycles. The number of carbonyl (C=O) groups excluding carboxylic acids is 2. The molecule has 0 saturated heterocycles. The van der Waals surface area contributed by atoms with E-state index in [0.29, 0.717) is 29.3 Å². The second-order valence-corrected chi connectivity index (χ2v) is 11.5. The van der Waals surface area contributed by atoms with E-state index in [-0.39, 0.29) is 29.8 Å². The Morgan fingerprint density at radius 3 is 2.37 bits per heavy atom. The summed E-state index contributed by atoms with van der Waals surface area (Å²) >= 11 is 0. The Hall–Kier alpha value is -3.50. The number of rotatable bonds is 11. The highest BCUT2D eigenvalue weighted by Crippen LogP contribution is 2.51. The van der Waals surface area contributed by atoms with Gasteiger partial charge in [0.05, 0.1) is 35.9 Å². The molecule has 3 fully saturated rings. The third kappa shape index (κ3) is 4.86. The van der Waals surface area contributed by atoms with E-state index in [1.807, 2.05) is 29.4 Å². The summed E-state index contributed by atoms with van der Waals surface area (Å²) in [5, 5.41) is 23.4. The van der Waals surface area contributed by atoms with Gasteiger partial charge < -0.3 is 10.6 Å². The van der Waals surface area contributed by atoms with Gasteiger partial charge in [0.2, 0.25) is 5.91 Å². The molecule has 202 valence electrons. The lowest BCUT2D eigenvalue weighted by atomic mass is 9.88. The van der Waals surface area contributed by atoms with Gasteiger partial charge in [-0.2, -0.15) is 10.2 Å². The van der Waals surface area contributed by atoms with Crippen molar-refractivity contribution < 1.29 is 9.59 Å². The highest BCUT2D eigenvalue weighted by atomic mass is 16.2. The van der Waals surface area contributed by atoms with Crippen LogP contribution in [-0.2, 0) is 4.79 Å². The summed E-state index contributed by atoms with van der Waals surface area (Å²) in [6.45, 7) is 6.03. The molecule has 0 aliphatic heterocycles. The molecule has 3 aliphatic carbocycles. The lowest BCUT2D eigenvalue weighted by Crippen LogP contribution is -2.50. The summed E-state index contributed by atoms with van der Waals surface area (Å²) in [7, 11) is 0. The van der Waals surface area contributed by atoms with Crippen molar-refractivity contribution >= 4 is 17.5 Å². The average Bonchev–Trinajstić information content (AvgIpc) is 3.71. The SMILES string of the molecule is CC(c1cnnn1C1CCC1)n1cc(NC(=O)[C@@H](NC(=O)c2ccnn2C(C)C)C(C2CC2)C2CC2)cn1. The average molecular weight is 520 g/mol. The molecule has 1 unspecified atom stereocenters. The fraction of sp³-hybridized carbons (Fsp3) is 0.630. The number of nitrogens with zero attached hydrogens (tertiary/aromatic N) is 7. The molecular formula is C27H37N9O2. The van der Waals surface area contributed by atoms with Gasteiger partial charge in [0.15, 0.2) is 0 Å². The van der Waals surface area contributed by atoms with E-state index in [1.165, 1.54) is 6.42 Å². The number of aromatic nitrogens is 7. The van der Waals surface area contributed by atoms with Crippen molar-refractivity contribution in [2.45, 2.75) is 89.9 Å². The molecule has 11 nitrogen and oxygen atoms in total. The number of nitrogens with one attached hydrogen (secondary N) is 2. The zero-order valence-electron chi connectivity index (χ0n) is 22.3. The van der Waals surface area contributed by atoms with Crippen LogP contribution in [0.4, 0.5) is 5.69 Å². The Balaban J connectivity index is 1.19. The normalized spacial score (nSPS) is 19.4. The van der Waals surface area contributed by atoms with Crippen molar-refractivity contribution in [1.29, 1.82) is 0 Å². The summed E-state index contributed by atoms with van der Waals surface area (Å²) in [6, 6.07) is 1.48. The van der Waals surface area contributed by atoms with E-state index in [1.54, 1.807) is 29.3 Å². The van der Waals surface area contributed by atoms with E-state index in [4.69, 9.17) is 0 Å². The van der Waals surface area contributed by atoms with E-state index >= 15 is 0 Å². The van der Waals surface area contributed by atoms with Gasteiger partial charge in [0.25, 0.3) is 5.91 Å². The second-order valence-electron chi connectivity index (χ2n) is 11.5. The second kappa shape index (κ2) is 9.99. The maximum absolute atomic E-state index is 13.7. The molecule has 3 saturated carbocycles. The van der Waals surface area contributed by atoms with Gasteiger partial charge in [-0.1, -0.05) is 5.21 Å². The van der Waals surface area contributed by atoms with Crippen LogP contribution in [0.25, 0.3) is 0 Å². The zero-order chi connectivity index (χ0) is 26.4. The molecule has 3 aliphatic rings. The Kier molecular flexibility index (Phi) is 6.53. The van der Waals surface area contributed by atoms with E-state index < -0.39 is 6.04 Å². The van der Waals surface area contributed by atoms with Crippen molar-refractivity contribution in [3.8, 4) is 0 Å². The molecule has 0 bridgehead atoms. The molecule has 0 spiro atoms. The van der Waals surface area contributed by atoms with Gasteiger partial charge in [0, 0.05) is 18.4 Å². The van der Waals surface area contributed by atoms with Gasteiger partial charge in [-0.25, -0.2) is 4.68 Å². The molecule has 11 heteroatoms. The van der Waals surface area contributed by atoms with Crippen molar-refractivity contribution in [2.75, 3.05) is 5.32 Å². The van der Waals surface area contributed by atoms with Crippen molar-refractivity contribution in [2.24, 2.45) is 17.8 Å². The van der Waals surface area contributed by atoms with Crippen LogP contribution < -0.4 is 10.6 Å². The Labute approximate surface area is 222 Å². The van der Waals surface area contributed by atoms with E-state index in [2.05, 4.69) is 38.1 Å². The number of carbonyl (C=O) groups is 2. The quantitative estimate of drug-likeness (QED) is 0.397. The minimum absolute atomic E-state index is 0.0457. The standard InChI is InChI=1S/C27H37N9O2/c1-16(2)35-22(11-12-29-35)26(37)32-25(24(18-7-8-18)19-9-10-19)27(38)31-20-13-30-34(15-20)17(3)23-14-28-33-36(23)21-5-4-6-21/h11-19,21,24-25H,4-10H2,1-3H3,(H,31,38)(H,32,37)/t17?,25-/m0/s1. The van der Waals surface area contributed by atoms with Crippen LogP contribution in [0.15, 0.2) is 30.9 Å². The molecule has 2 N–H and O–H groups in total. The van der Waals surface area contributed by atoms with Crippen LogP contribution in [0.1, 0.15) is 100 Å². The summed E-state index contributed by atoms with van der Waals surface area (Å²) < 4.78 is 5.54. The van der Waals surface area contributed by atoms with Crippen LogP contribution in [0, 0.1) is 17.8 Å². The first kappa shape index (κ1) is 24.8. The van der Waals surface area contributed by atoms with Gasteiger partial charge in [-0.15, -0.1) is 5.10 Å². The van der Waals surface area contributed by atoms with Gasteiger partial charge in [-0.3, -0.25) is 19.0 Å². The topological polar surface area (TPSA) is 125 Å². The van der Waals surface area contributed by atoms with Gasteiger partial charge in [0.1, 0.15) is 11.7 Å². The van der Waals surface area contributed by atoms with Gasteiger partial charge >= 0.3 is 0 Å². The Bertz CT molecular complexity index is 1280. The minimum atomic E-state index is -0.608. The lowest BCUT2D eigenvalue weighted by molar-refractivity contribution is -0.119. The van der Waals surface area contributed by atoms with Crippen LogP contribution in [0.2, 0.25) is 0 Å². The first-order valence-electron chi connectivity index (χ1n) is 14.0. The smallest absolute Gasteiger partial charge is 0.270 e. The fourth-order valence-corrected chi connectivity index (χ4v) is 5.78. The Morgan fingerprint density at radius 1 is 1.00 bits per heavy atom. The minimum Gasteiger partial charge on any atom is -0.339 e. The first-order valence-corrected chi connectivity index (χ1v) is 14.0. The predicted octanol–water partition coefficient (Wildman–Crippen LogP) is 3.76. The molecule has 3 aromatic heterocycles. The predicted molar refractivity (Wildman–Crippen MR) is 140 cm³/mol. The number of hydrogen-bond donors (Lipinski definition) is 2.